The first-order chi connectivity index (χ1) is 10.3. The molecular formula is C14H22N4O4. The van der Waals surface area contributed by atoms with Crippen molar-refractivity contribution < 1.29 is 19.2 Å². The second-order valence-corrected chi connectivity index (χ2v) is 6.11. The monoisotopic (exact) mass is 310 g/mol. The van der Waals surface area contributed by atoms with E-state index in [2.05, 4.69) is 0 Å². The number of primary amides is 2. The zero-order valence-electron chi connectivity index (χ0n) is 12.5. The third-order valence-corrected chi connectivity index (χ3v) is 4.47. The Bertz CT molecular complexity index is 497. The smallest absolute Gasteiger partial charge is 0.237 e. The highest BCUT2D eigenvalue weighted by Crippen LogP contribution is 2.41. The summed E-state index contributed by atoms with van der Waals surface area (Å²) in [5.74, 6) is -0.950. The molecule has 0 unspecified atom stereocenters. The highest BCUT2D eigenvalue weighted by Gasteiger charge is 2.53. The maximum Gasteiger partial charge on any atom is 0.237 e. The van der Waals surface area contributed by atoms with Gasteiger partial charge in [-0.05, 0) is 19.3 Å². The van der Waals surface area contributed by atoms with Crippen LogP contribution < -0.4 is 11.5 Å². The van der Waals surface area contributed by atoms with Crippen LogP contribution in [0.4, 0.5) is 0 Å². The van der Waals surface area contributed by atoms with Gasteiger partial charge in [0.25, 0.3) is 0 Å². The maximum atomic E-state index is 12.2. The van der Waals surface area contributed by atoms with Crippen molar-refractivity contribution in [3.8, 4) is 0 Å². The van der Waals surface area contributed by atoms with E-state index in [1.165, 1.54) is 4.90 Å². The second-order valence-electron chi connectivity index (χ2n) is 6.11. The normalized spacial score (nSPS) is 19.9. The molecule has 2 aliphatic heterocycles. The molecule has 2 aliphatic rings. The van der Waals surface area contributed by atoms with E-state index in [9.17, 15) is 19.2 Å². The van der Waals surface area contributed by atoms with Gasteiger partial charge in [0.2, 0.25) is 23.6 Å². The van der Waals surface area contributed by atoms with Crippen LogP contribution in [0.5, 0.6) is 0 Å². The zero-order valence-corrected chi connectivity index (χ0v) is 12.5. The molecule has 22 heavy (non-hydrogen) atoms. The number of amides is 4. The average Bonchev–Trinajstić information content (AvgIpc) is 2.46. The van der Waals surface area contributed by atoms with E-state index < -0.39 is 17.2 Å². The molecule has 0 aliphatic carbocycles. The molecule has 0 saturated carbocycles. The lowest BCUT2D eigenvalue weighted by Crippen LogP contribution is -2.66. The lowest BCUT2D eigenvalue weighted by Gasteiger charge is -2.52. The Morgan fingerprint density at radius 1 is 1.05 bits per heavy atom. The first-order valence-corrected chi connectivity index (χ1v) is 7.48. The molecule has 2 rings (SSSR count). The SMILES string of the molecule is NC(=O)CCCC(=O)N1CCC2(CC1)CN(CC(N)=O)C2=O. The lowest BCUT2D eigenvalue weighted by atomic mass is 9.71. The molecule has 2 heterocycles. The molecule has 1 spiro atoms. The number of β-lactam (4-membered cyclic amide) rings is 1. The summed E-state index contributed by atoms with van der Waals surface area (Å²) >= 11 is 0. The number of hydrogen-bond donors (Lipinski definition) is 2. The summed E-state index contributed by atoms with van der Waals surface area (Å²) < 4.78 is 0. The van der Waals surface area contributed by atoms with Crippen LogP contribution in [0.3, 0.4) is 0 Å². The van der Waals surface area contributed by atoms with Crippen LogP contribution in [0.2, 0.25) is 0 Å². The standard InChI is InChI=1S/C14H22N4O4/c15-10(19)2-1-3-12(21)17-6-4-14(5-7-17)9-18(13(14)22)8-11(16)20/h1-9H2,(H2,15,19)(H2,16,20). The van der Waals surface area contributed by atoms with Crippen LogP contribution in [0.15, 0.2) is 0 Å². The fraction of sp³-hybridized carbons (Fsp3) is 0.714. The number of hydrogen-bond acceptors (Lipinski definition) is 4. The predicted octanol–water partition coefficient (Wildman–Crippen LogP) is -1.42. The Kier molecular flexibility index (Phi) is 4.68. The highest BCUT2D eigenvalue weighted by molar-refractivity contribution is 5.92. The van der Waals surface area contributed by atoms with Crippen LogP contribution in [0.1, 0.15) is 32.1 Å². The molecule has 0 radical (unpaired) electrons. The Labute approximate surface area is 128 Å². The van der Waals surface area contributed by atoms with E-state index >= 15 is 0 Å². The van der Waals surface area contributed by atoms with Gasteiger partial charge in [0, 0.05) is 32.5 Å². The number of carbonyl (C=O) groups excluding carboxylic acids is 4. The van der Waals surface area contributed by atoms with Gasteiger partial charge >= 0.3 is 0 Å². The van der Waals surface area contributed by atoms with Gasteiger partial charge < -0.3 is 21.3 Å². The molecular weight excluding hydrogens is 288 g/mol. The van der Waals surface area contributed by atoms with Crippen LogP contribution in [0.25, 0.3) is 0 Å². The predicted molar refractivity (Wildman–Crippen MR) is 77.1 cm³/mol. The third-order valence-electron chi connectivity index (χ3n) is 4.47. The number of piperidine rings is 1. The summed E-state index contributed by atoms with van der Waals surface area (Å²) in [5, 5.41) is 0. The van der Waals surface area contributed by atoms with Crippen molar-refractivity contribution in [1.29, 1.82) is 0 Å². The van der Waals surface area contributed by atoms with Crippen molar-refractivity contribution in [2.24, 2.45) is 16.9 Å². The Morgan fingerprint density at radius 3 is 2.18 bits per heavy atom. The molecule has 8 heteroatoms. The zero-order chi connectivity index (χ0) is 16.3. The van der Waals surface area contributed by atoms with Crippen molar-refractivity contribution in [3.05, 3.63) is 0 Å². The minimum absolute atomic E-state index is 0.00290. The number of carbonyl (C=O) groups is 4. The molecule has 0 aromatic heterocycles. The van der Waals surface area contributed by atoms with Gasteiger partial charge in [-0.1, -0.05) is 0 Å². The molecule has 0 atom stereocenters. The molecule has 0 aromatic rings. The number of nitrogens with two attached hydrogens (primary N) is 2. The molecule has 4 N–H and O–H groups in total. The average molecular weight is 310 g/mol. The second kappa shape index (κ2) is 6.33. The van der Waals surface area contributed by atoms with Crippen LogP contribution in [-0.4, -0.2) is 59.6 Å². The summed E-state index contributed by atoms with van der Waals surface area (Å²) in [6.45, 7) is 1.58. The van der Waals surface area contributed by atoms with Gasteiger partial charge in [0.15, 0.2) is 0 Å². The van der Waals surface area contributed by atoms with E-state index in [0.29, 0.717) is 45.3 Å². The molecule has 4 amide bonds. The molecule has 0 aromatic carbocycles. The summed E-state index contributed by atoms with van der Waals surface area (Å²) in [4.78, 5) is 48.9. The van der Waals surface area contributed by atoms with Gasteiger partial charge in [-0.25, -0.2) is 0 Å². The van der Waals surface area contributed by atoms with Crippen molar-refractivity contribution in [2.75, 3.05) is 26.2 Å². The molecule has 0 bridgehead atoms. The highest BCUT2D eigenvalue weighted by atomic mass is 16.2. The Morgan fingerprint density at radius 2 is 1.68 bits per heavy atom. The van der Waals surface area contributed by atoms with Gasteiger partial charge in [-0.3, -0.25) is 19.2 Å². The summed E-state index contributed by atoms with van der Waals surface area (Å²) in [6.07, 6.45) is 2.20. The first kappa shape index (κ1) is 16.3. The maximum absolute atomic E-state index is 12.2. The summed E-state index contributed by atoms with van der Waals surface area (Å²) in [6, 6.07) is 0. The van der Waals surface area contributed by atoms with E-state index in [4.69, 9.17) is 11.5 Å². The molecule has 2 saturated heterocycles. The minimum Gasteiger partial charge on any atom is -0.370 e. The fourth-order valence-corrected chi connectivity index (χ4v) is 3.19. The fourth-order valence-electron chi connectivity index (χ4n) is 3.19. The van der Waals surface area contributed by atoms with Crippen molar-refractivity contribution in [3.63, 3.8) is 0 Å². The van der Waals surface area contributed by atoms with Crippen LogP contribution in [0, 0.1) is 5.41 Å². The third kappa shape index (κ3) is 3.37. The minimum atomic E-state index is -0.509. The van der Waals surface area contributed by atoms with Gasteiger partial charge in [0.1, 0.15) is 0 Å². The summed E-state index contributed by atoms with van der Waals surface area (Å²) in [5.41, 5.74) is 9.72. The number of nitrogens with zero attached hydrogens (tertiary/aromatic N) is 2. The topological polar surface area (TPSA) is 127 Å². The van der Waals surface area contributed by atoms with Crippen molar-refractivity contribution in [1.82, 2.24) is 9.80 Å². The van der Waals surface area contributed by atoms with Gasteiger partial charge in [0.05, 0.1) is 12.0 Å². The Balaban J connectivity index is 1.77. The van der Waals surface area contributed by atoms with Crippen molar-refractivity contribution in [2.45, 2.75) is 32.1 Å². The lowest BCUT2D eigenvalue weighted by molar-refractivity contribution is -0.168. The van der Waals surface area contributed by atoms with E-state index in [-0.39, 0.29) is 24.8 Å². The van der Waals surface area contributed by atoms with Crippen molar-refractivity contribution >= 4 is 23.6 Å². The molecule has 122 valence electrons. The van der Waals surface area contributed by atoms with E-state index in [0.717, 1.165) is 0 Å². The van der Waals surface area contributed by atoms with Crippen LogP contribution in [-0.2, 0) is 19.2 Å². The van der Waals surface area contributed by atoms with Gasteiger partial charge in [-0.15, -0.1) is 0 Å². The quantitative estimate of drug-likeness (QED) is 0.583. The summed E-state index contributed by atoms with van der Waals surface area (Å²) in [7, 11) is 0. The van der Waals surface area contributed by atoms with E-state index in [1.54, 1.807) is 4.90 Å². The number of rotatable bonds is 6. The Hall–Kier alpha value is -2.12. The largest absolute Gasteiger partial charge is 0.370 e. The van der Waals surface area contributed by atoms with Crippen LogP contribution >= 0.6 is 0 Å². The molecule has 2 fully saturated rings. The molecule has 8 nitrogen and oxygen atoms in total. The van der Waals surface area contributed by atoms with E-state index in [1.807, 2.05) is 0 Å². The number of likely N-dealkylation sites (tertiary alicyclic amines) is 2. The van der Waals surface area contributed by atoms with Gasteiger partial charge in [-0.2, -0.15) is 0 Å². The first-order valence-electron chi connectivity index (χ1n) is 7.48.